The van der Waals surface area contributed by atoms with Gasteiger partial charge in [0.2, 0.25) is 15.9 Å². The summed E-state index contributed by atoms with van der Waals surface area (Å²) >= 11 is 0. The molecule has 1 saturated heterocycles. The van der Waals surface area contributed by atoms with Gasteiger partial charge in [0.1, 0.15) is 5.75 Å². The van der Waals surface area contributed by atoms with Crippen LogP contribution >= 0.6 is 0 Å². The molecule has 3 aromatic carbocycles. The number of nitrogens with zero attached hydrogens (tertiary/aromatic N) is 2. The molecule has 8 nitrogen and oxygen atoms in total. The highest BCUT2D eigenvalue weighted by Crippen LogP contribution is 2.60. The van der Waals surface area contributed by atoms with Crippen LogP contribution in [-0.2, 0) is 21.2 Å². The van der Waals surface area contributed by atoms with Gasteiger partial charge in [0.25, 0.3) is 5.91 Å². The number of anilines is 1. The molecular formula is C37H43N3O5S. The number of nitrogens with one attached hydrogen (secondary N) is 1. The first-order chi connectivity index (χ1) is 22.1. The molecule has 0 aromatic heterocycles. The molecule has 0 atom stereocenters. The lowest BCUT2D eigenvalue weighted by molar-refractivity contribution is -0.131. The number of hydrogen-bond acceptors (Lipinski definition) is 6. The minimum Gasteiger partial charge on any atom is -0.508 e. The van der Waals surface area contributed by atoms with Crippen molar-refractivity contribution in [3.63, 3.8) is 0 Å². The van der Waals surface area contributed by atoms with Gasteiger partial charge < -0.3 is 14.9 Å². The first-order valence-electron chi connectivity index (χ1n) is 16.7. The third-order valence-corrected chi connectivity index (χ3v) is 12.3. The summed E-state index contributed by atoms with van der Waals surface area (Å²) in [5, 5.41) is 9.91. The van der Waals surface area contributed by atoms with Gasteiger partial charge in [-0.05, 0) is 121 Å². The molecule has 8 rings (SSSR count). The van der Waals surface area contributed by atoms with Crippen LogP contribution in [0.5, 0.6) is 5.75 Å². The van der Waals surface area contributed by atoms with Crippen molar-refractivity contribution in [3.8, 4) is 16.9 Å². The van der Waals surface area contributed by atoms with Crippen LogP contribution < -0.4 is 9.62 Å². The summed E-state index contributed by atoms with van der Waals surface area (Å²) in [6, 6.07) is 22.3. The Morgan fingerprint density at radius 3 is 2.13 bits per heavy atom. The average Bonchev–Trinajstić information content (AvgIpc) is 3.02. The SMILES string of the molecule is O=C(NS(=O)(=O)CC12CC3CC(CC(C3)C1)C2)c1ccc(N2CCN(C(=O)CCc3ccccc3-c3cccc(O)c3)CC2)cc1. The van der Waals surface area contributed by atoms with E-state index < -0.39 is 15.9 Å². The van der Waals surface area contributed by atoms with E-state index in [0.717, 1.165) is 41.6 Å². The zero-order chi connectivity index (χ0) is 31.9. The molecule has 0 spiro atoms. The molecule has 3 aromatic rings. The fourth-order valence-electron chi connectivity index (χ4n) is 9.24. The number of aromatic hydroxyl groups is 1. The average molecular weight is 642 g/mol. The number of aryl methyl sites for hydroxylation is 1. The maximum Gasteiger partial charge on any atom is 0.264 e. The van der Waals surface area contributed by atoms with Crippen molar-refractivity contribution in [3.05, 3.63) is 83.9 Å². The van der Waals surface area contributed by atoms with Gasteiger partial charge in [0.15, 0.2) is 0 Å². The van der Waals surface area contributed by atoms with Crippen molar-refractivity contribution in [1.82, 2.24) is 9.62 Å². The zero-order valence-corrected chi connectivity index (χ0v) is 27.1. The first-order valence-corrected chi connectivity index (χ1v) is 18.3. The van der Waals surface area contributed by atoms with Crippen molar-refractivity contribution in [2.75, 3.05) is 36.8 Å². The van der Waals surface area contributed by atoms with Crippen LogP contribution in [0.2, 0.25) is 0 Å². The Morgan fingerprint density at radius 2 is 1.48 bits per heavy atom. The van der Waals surface area contributed by atoms with E-state index in [1.54, 1.807) is 24.3 Å². The highest BCUT2D eigenvalue weighted by Gasteiger charge is 2.52. The van der Waals surface area contributed by atoms with Crippen molar-refractivity contribution in [2.24, 2.45) is 23.2 Å². The lowest BCUT2D eigenvalue weighted by Gasteiger charge is -2.56. The number of benzene rings is 3. The van der Waals surface area contributed by atoms with E-state index in [4.69, 9.17) is 0 Å². The molecule has 4 saturated carbocycles. The summed E-state index contributed by atoms with van der Waals surface area (Å²) < 4.78 is 28.6. The Bertz CT molecular complexity index is 1680. The summed E-state index contributed by atoms with van der Waals surface area (Å²) in [5.74, 6) is 1.79. The topological polar surface area (TPSA) is 107 Å². The zero-order valence-electron chi connectivity index (χ0n) is 26.2. The van der Waals surface area contributed by atoms with Crippen LogP contribution in [-0.4, -0.2) is 62.2 Å². The maximum absolute atomic E-state index is 13.1. The van der Waals surface area contributed by atoms with Crippen molar-refractivity contribution in [1.29, 1.82) is 0 Å². The van der Waals surface area contributed by atoms with Crippen molar-refractivity contribution >= 4 is 27.5 Å². The van der Waals surface area contributed by atoms with Crippen LogP contribution in [0.4, 0.5) is 5.69 Å². The summed E-state index contributed by atoms with van der Waals surface area (Å²) in [5.41, 5.74) is 4.14. The lowest BCUT2D eigenvalue weighted by atomic mass is 9.50. The molecule has 1 heterocycles. The highest BCUT2D eigenvalue weighted by molar-refractivity contribution is 7.90. The number of sulfonamides is 1. The van der Waals surface area contributed by atoms with Gasteiger partial charge in [-0.2, -0.15) is 0 Å². The standard InChI is InChI=1S/C37H43N3O5S/c41-33-6-3-5-31(21-33)34-7-2-1-4-29(34)10-13-35(42)40-16-14-39(15-17-40)32-11-8-30(9-12-32)36(43)38-46(44,45)25-37-22-26-18-27(23-37)20-28(19-26)24-37/h1-9,11-12,21,26-28,41H,10,13-20,22-25H2,(H,38,43). The van der Waals surface area contributed by atoms with Gasteiger partial charge in [-0.25, -0.2) is 13.1 Å². The minimum atomic E-state index is -3.73. The smallest absolute Gasteiger partial charge is 0.264 e. The second-order valence-corrected chi connectivity index (χ2v) is 16.0. The summed E-state index contributed by atoms with van der Waals surface area (Å²) in [7, 11) is -3.73. The van der Waals surface area contributed by atoms with E-state index >= 15 is 0 Å². The molecule has 0 unspecified atom stereocenters. The minimum absolute atomic E-state index is 0.0560. The number of piperazine rings is 1. The van der Waals surface area contributed by atoms with Gasteiger partial charge in [-0.15, -0.1) is 0 Å². The number of carbonyl (C=O) groups excluding carboxylic acids is 2. The summed E-state index contributed by atoms with van der Waals surface area (Å²) in [4.78, 5) is 30.2. The second kappa shape index (κ2) is 12.4. The van der Waals surface area contributed by atoms with Gasteiger partial charge in [-0.3, -0.25) is 9.59 Å². The fraction of sp³-hybridized carbons (Fsp3) is 0.459. The molecule has 5 fully saturated rings. The van der Waals surface area contributed by atoms with E-state index in [1.165, 1.54) is 19.3 Å². The predicted molar refractivity (Wildman–Crippen MR) is 179 cm³/mol. The van der Waals surface area contributed by atoms with E-state index in [1.807, 2.05) is 53.4 Å². The highest BCUT2D eigenvalue weighted by atomic mass is 32.2. The number of carbonyl (C=O) groups is 2. The van der Waals surface area contributed by atoms with E-state index in [9.17, 15) is 23.1 Å². The Morgan fingerprint density at radius 1 is 0.826 bits per heavy atom. The van der Waals surface area contributed by atoms with Crippen LogP contribution in [0.3, 0.4) is 0 Å². The molecule has 4 aliphatic carbocycles. The molecule has 2 amide bonds. The van der Waals surface area contributed by atoms with Gasteiger partial charge in [-0.1, -0.05) is 36.4 Å². The molecule has 0 radical (unpaired) electrons. The number of phenolic OH excluding ortho intramolecular Hbond substituents is 1. The van der Waals surface area contributed by atoms with Crippen molar-refractivity contribution < 1.29 is 23.1 Å². The van der Waals surface area contributed by atoms with E-state index in [-0.39, 0.29) is 22.8 Å². The summed E-state index contributed by atoms with van der Waals surface area (Å²) in [6.45, 7) is 2.57. The number of rotatable bonds is 9. The predicted octanol–water partition coefficient (Wildman–Crippen LogP) is 5.62. The molecule has 2 N–H and O–H groups in total. The van der Waals surface area contributed by atoms with Gasteiger partial charge >= 0.3 is 0 Å². The largest absolute Gasteiger partial charge is 0.508 e. The van der Waals surface area contributed by atoms with Crippen LogP contribution in [0, 0.1) is 23.2 Å². The number of amides is 2. The Kier molecular flexibility index (Phi) is 8.30. The second-order valence-electron chi connectivity index (χ2n) is 14.2. The van der Waals surface area contributed by atoms with Crippen LogP contribution in [0.25, 0.3) is 11.1 Å². The molecule has 9 heteroatoms. The summed E-state index contributed by atoms with van der Waals surface area (Å²) in [6.07, 6.45) is 7.72. The van der Waals surface area contributed by atoms with Crippen LogP contribution in [0.15, 0.2) is 72.8 Å². The molecule has 46 heavy (non-hydrogen) atoms. The molecule has 4 bridgehead atoms. The van der Waals surface area contributed by atoms with Gasteiger partial charge in [0.05, 0.1) is 5.75 Å². The third kappa shape index (κ3) is 6.66. The van der Waals surface area contributed by atoms with Crippen LogP contribution in [0.1, 0.15) is 60.9 Å². The Labute approximate surface area is 271 Å². The first kappa shape index (κ1) is 30.8. The Hall–Kier alpha value is -3.85. The Balaban J connectivity index is 0.900. The fourth-order valence-corrected chi connectivity index (χ4v) is 10.9. The lowest BCUT2D eigenvalue weighted by Crippen LogP contribution is -2.51. The number of phenols is 1. The maximum atomic E-state index is 13.1. The monoisotopic (exact) mass is 641 g/mol. The molecular weight excluding hydrogens is 598 g/mol. The van der Waals surface area contributed by atoms with Gasteiger partial charge in [0, 0.05) is 43.9 Å². The van der Waals surface area contributed by atoms with E-state index in [0.29, 0.717) is 62.3 Å². The van der Waals surface area contributed by atoms with E-state index in [2.05, 4.69) is 9.62 Å². The van der Waals surface area contributed by atoms with Crippen molar-refractivity contribution in [2.45, 2.75) is 51.4 Å². The normalized spacial score (nSPS) is 25.4. The number of hydrogen-bond donors (Lipinski definition) is 2. The molecule has 1 aliphatic heterocycles. The quantitative estimate of drug-likeness (QED) is 0.314. The molecule has 242 valence electrons. The third-order valence-electron chi connectivity index (χ3n) is 10.8. The molecule has 5 aliphatic rings.